The molecule has 8 aliphatic rings. The number of alkyl halides is 8. The molecule has 8 rings (SSSR count). The predicted octanol–water partition coefficient (Wildman–Crippen LogP) is 4.68. The largest absolute Gasteiger partial charge is 0.397 e. The van der Waals surface area contributed by atoms with Crippen LogP contribution in [0.2, 0.25) is 0 Å². The molecule has 4 saturated carbocycles. The van der Waals surface area contributed by atoms with E-state index in [4.69, 9.17) is 9.47 Å². The van der Waals surface area contributed by atoms with Crippen molar-refractivity contribution in [1.82, 2.24) is 60.0 Å². The molecule has 0 radical (unpaired) electrons. The van der Waals surface area contributed by atoms with Crippen LogP contribution in [0.3, 0.4) is 0 Å². The fourth-order valence-corrected chi connectivity index (χ4v) is 17.8. The van der Waals surface area contributed by atoms with Gasteiger partial charge in [0.25, 0.3) is 0 Å². The van der Waals surface area contributed by atoms with Crippen LogP contribution in [0.5, 0.6) is 0 Å². The molecular weight excluding hydrogens is 1460 g/mol. The lowest BCUT2D eigenvalue weighted by Gasteiger charge is -2.47. The van der Waals surface area contributed by atoms with Crippen molar-refractivity contribution in [2.75, 3.05) is 107 Å². The van der Waals surface area contributed by atoms with Crippen molar-refractivity contribution in [3.05, 3.63) is 0 Å². The molecule has 27 nitrogen and oxygen atoms in total. The lowest BCUT2D eigenvalue weighted by molar-refractivity contribution is -0.219. The zero-order valence-corrected chi connectivity index (χ0v) is 65.1. The number of likely N-dealkylation sites (N-methyl/N-ethyl adjacent to an activating group) is 6. The van der Waals surface area contributed by atoms with Gasteiger partial charge >= 0.3 is 12.4 Å². The molecule has 0 aromatic rings. The smallest absolute Gasteiger partial charge is 0.394 e. The number of aliphatic hydroxyl groups is 1. The third-order valence-corrected chi connectivity index (χ3v) is 24.8. The second-order valence-electron chi connectivity index (χ2n) is 31.9. The average Bonchev–Trinajstić information content (AvgIpc) is 1.10. The molecule has 12 atom stereocenters. The highest BCUT2D eigenvalue weighted by Gasteiger charge is 2.56. The van der Waals surface area contributed by atoms with Crippen molar-refractivity contribution in [2.45, 2.75) is 260 Å². The van der Waals surface area contributed by atoms with E-state index >= 15 is 42.3 Å². The number of carbonyl (C=O) groups is 12. The molecule has 622 valence electrons. The van der Waals surface area contributed by atoms with Crippen molar-refractivity contribution < 1.29 is 107 Å². The summed E-state index contributed by atoms with van der Waals surface area (Å²) in [5.41, 5.74) is -1.72. The molecule has 2 unspecified atom stereocenters. The van der Waals surface area contributed by atoms with E-state index in [1.54, 1.807) is 27.7 Å². The van der Waals surface area contributed by atoms with Crippen molar-refractivity contribution >= 4 is 70.9 Å². The third-order valence-electron chi connectivity index (χ3n) is 24.8. The minimum atomic E-state index is -5.22. The van der Waals surface area contributed by atoms with Crippen LogP contribution in [0.1, 0.15) is 175 Å². The first kappa shape index (κ1) is 88.5. The number of aliphatic hydroxyl groups excluding tert-OH is 1. The van der Waals surface area contributed by atoms with E-state index in [-0.39, 0.29) is 123 Å². The van der Waals surface area contributed by atoms with Gasteiger partial charge in [0.15, 0.2) is 0 Å². The molecule has 4 aliphatic heterocycles. The average molecular weight is 1580 g/mol. The minimum absolute atomic E-state index is 0.00394. The van der Waals surface area contributed by atoms with Gasteiger partial charge in [0.2, 0.25) is 70.9 Å². The first-order valence-electron chi connectivity index (χ1n) is 39.5. The van der Waals surface area contributed by atoms with Crippen LogP contribution in [0, 0.1) is 35.5 Å². The van der Waals surface area contributed by atoms with Crippen molar-refractivity contribution in [2.24, 2.45) is 35.5 Å². The Morgan fingerprint density at radius 2 is 1.25 bits per heavy atom. The van der Waals surface area contributed by atoms with E-state index in [0.717, 1.165) is 24.5 Å². The second-order valence-corrected chi connectivity index (χ2v) is 31.9. The summed E-state index contributed by atoms with van der Waals surface area (Å²) in [7, 11) is 6.45. The van der Waals surface area contributed by atoms with Crippen LogP contribution in [0.4, 0.5) is 35.1 Å². The fourth-order valence-electron chi connectivity index (χ4n) is 17.8. The number of nitrogens with zero attached hydrogens (tertiary/aromatic N) is 9. The van der Waals surface area contributed by atoms with Gasteiger partial charge in [0, 0.05) is 81.0 Å². The molecule has 4 aliphatic carbocycles. The van der Waals surface area contributed by atoms with Gasteiger partial charge in [0.1, 0.15) is 72.1 Å². The second kappa shape index (κ2) is 38.7. The molecule has 4 N–H and O–H groups in total. The Labute approximate surface area is 638 Å². The minimum Gasteiger partial charge on any atom is -0.394 e. The summed E-state index contributed by atoms with van der Waals surface area (Å²) in [4.78, 5) is 192. The summed E-state index contributed by atoms with van der Waals surface area (Å²) >= 11 is 0. The zero-order valence-electron chi connectivity index (χ0n) is 65.1. The number of rotatable bonds is 13. The van der Waals surface area contributed by atoms with E-state index < -0.39 is 236 Å². The summed E-state index contributed by atoms with van der Waals surface area (Å²) in [6.07, 6.45) is -15.8. The van der Waals surface area contributed by atoms with Gasteiger partial charge in [0.05, 0.1) is 51.4 Å². The van der Waals surface area contributed by atoms with Gasteiger partial charge in [-0.1, -0.05) is 46.0 Å². The third kappa shape index (κ3) is 21.0. The molecule has 2 bridgehead atoms. The highest BCUT2D eigenvalue weighted by molar-refractivity contribution is 6.01. The number of amides is 12. The summed E-state index contributed by atoms with van der Waals surface area (Å²) in [6.45, 7) is 3.94. The maximum atomic E-state index is 15.8. The molecule has 8 fully saturated rings. The van der Waals surface area contributed by atoms with Gasteiger partial charge < -0.3 is 74.6 Å². The topological polar surface area (TPSA) is 309 Å². The summed E-state index contributed by atoms with van der Waals surface area (Å²) in [6, 6.07) is -12.0. The van der Waals surface area contributed by atoms with Gasteiger partial charge in [-0.2, -0.15) is 26.3 Å². The normalized spacial score (nSPS) is 32.3. The van der Waals surface area contributed by atoms with Crippen LogP contribution in [-0.2, 0) is 67.0 Å². The van der Waals surface area contributed by atoms with E-state index in [9.17, 15) is 55.4 Å². The quantitative estimate of drug-likeness (QED) is 0.182. The number of hydrogen-bond acceptors (Lipinski definition) is 15. The maximum Gasteiger partial charge on any atom is 0.397 e. The number of ether oxygens (including phenoxy) is 2. The SMILES string of the molecule is CCO[C@@H]1C[C@H]2C(=O)NC3(CCC3)C(=O)N(C)[C@@H](C3CCCC3)C(=O)N(CC)[C@H](C(=O)N3CCOCC3)CC(=O)N(C)[C@@H](CO)C(=O)N[C@@H]([C@@H](C)CC)C(=O)N(C)CC(=O)N(C)[C@H]3CCCCCN(C3=O)[C@@H](CC3CCC(C(F)(F)F)CC3)C(=O)N(C)CC(=O)N[C@@H](CCC3CC(F)C(C(F)(F)F)C(F)C3)C(=O)N2C1. The van der Waals surface area contributed by atoms with E-state index in [1.165, 1.54) is 54.8 Å². The molecule has 35 heteroatoms. The molecule has 1 spiro atoms. The van der Waals surface area contributed by atoms with Gasteiger partial charge in [-0.05, 0) is 140 Å². The summed E-state index contributed by atoms with van der Waals surface area (Å²) in [5.74, 6) is -17.4. The Bertz CT molecular complexity index is 3230. The molecule has 12 amide bonds. The molecular formula is C75H116F8N12O15. The Morgan fingerprint density at radius 1 is 0.627 bits per heavy atom. The predicted molar refractivity (Wildman–Crippen MR) is 382 cm³/mol. The first-order chi connectivity index (χ1) is 51.9. The number of nitrogens with one attached hydrogen (secondary N) is 3. The maximum absolute atomic E-state index is 15.8. The fraction of sp³-hybridized carbons (Fsp3) is 0.840. The van der Waals surface area contributed by atoms with Crippen LogP contribution >= 0.6 is 0 Å². The Morgan fingerprint density at radius 3 is 1.83 bits per heavy atom. The van der Waals surface area contributed by atoms with Gasteiger partial charge in [-0.3, -0.25) is 57.5 Å². The molecule has 0 aromatic heterocycles. The first-order valence-corrected chi connectivity index (χ1v) is 39.5. The van der Waals surface area contributed by atoms with Crippen LogP contribution in [0.15, 0.2) is 0 Å². The number of carbonyl (C=O) groups excluding carboxylic acids is 12. The zero-order chi connectivity index (χ0) is 81.0. The van der Waals surface area contributed by atoms with Crippen LogP contribution in [-0.4, -0.2) is 312 Å². The number of morpholine rings is 1. The Kier molecular flexibility index (Phi) is 31.1. The summed E-state index contributed by atoms with van der Waals surface area (Å²) < 4.78 is 127. The molecule has 4 heterocycles. The molecule has 4 saturated heterocycles. The lowest BCUT2D eigenvalue weighted by atomic mass is 9.74. The van der Waals surface area contributed by atoms with Gasteiger partial charge in [-0.15, -0.1) is 0 Å². The number of halogens is 8. The van der Waals surface area contributed by atoms with Crippen molar-refractivity contribution in [3.8, 4) is 0 Å². The Hall–Kier alpha value is -7.04. The van der Waals surface area contributed by atoms with Gasteiger partial charge in [-0.25, -0.2) is 8.78 Å². The highest BCUT2D eigenvalue weighted by Crippen LogP contribution is 2.46. The summed E-state index contributed by atoms with van der Waals surface area (Å²) in [5, 5.41) is 19.2. The monoisotopic (exact) mass is 1580 g/mol. The van der Waals surface area contributed by atoms with E-state index in [0.29, 0.717) is 51.4 Å². The van der Waals surface area contributed by atoms with Crippen molar-refractivity contribution in [3.63, 3.8) is 0 Å². The highest BCUT2D eigenvalue weighted by atomic mass is 19.4. The number of fused-ring (bicyclic) bond motifs is 3. The van der Waals surface area contributed by atoms with E-state index in [2.05, 4.69) is 16.0 Å². The number of hydrogen-bond donors (Lipinski definition) is 4. The standard InChI is InChI=1S/C75H116F8N12O15/c1-10-44(4)62-70(106)88(6)42-60(99)89(7)53-21-14-13-17-30-94(69(53)105)55(37-45-22-25-48(26-23-45)74(78,79)80)67(103)87(5)41-58(97)84-52(27-24-46-35-50(76)61(51(77)36-46)75(81,82)83)66(102)95-40-49(110-12-3)38-54(95)65(101)86-73(28-18-29-73)72(108)91(9)63(47-19-15-16-20-47)71(107)93(11-2)56(68(104)92-31-33-109-34-32-92)39-59(98)90(8)57(43-96)64(100)85-62/h44-57,61-63,96H,10-43H2,1-9H3,(H,84,97)(H,85,100)(H,86,101)/t44-,45?,46?,48?,49+,50?,51?,52-,53-,54-,55-,56-,57-,61?,62-,63-/m0/s1. The van der Waals surface area contributed by atoms with Crippen LogP contribution < -0.4 is 16.0 Å². The Balaban J connectivity index is 1.21. The molecule has 0 aromatic carbocycles. The lowest BCUT2D eigenvalue weighted by Crippen LogP contribution is -2.68. The van der Waals surface area contributed by atoms with Crippen LogP contribution in [0.25, 0.3) is 0 Å². The van der Waals surface area contributed by atoms with Crippen molar-refractivity contribution in [1.29, 1.82) is 0 Å². The molecule has 110 heavy (non-hydrogen) atoms. The van der Waals surface area contributed by atoms with E-state index in [1.807, 2.05) is 0 Å².